The fourth-order valence-corrected chi connectivity index (χ4v) is 2.16. The van der Waals surface area contributed by atoms with Crippen LogP contribution in [0, 0.1) is 5.92 Å². The van der Waals surface area contributed by atoms with Gasteiger partial charge in [-0.25, -0.2) is 4.98 Å². The van der Waals surface area contributed by atoms with E-state index in [1.807, 2.05) is 20.1 Å². The zero-order valence-electron chi connectivity index (χ0n) is 11.2. The van der Waals surface area contributed by atoms with Gasteiger partial charge in [0.05, 0.1) is 12.0 Å². The van der Waals surface area contributed by atoms with Crippen LogP contribution in [-0.2, 0) is 4.79 Å². The summed E-state index contributed by atoms with van der Waals surface area (Å²) in [5.41, 5.74) is 0.478. The first-order chi connectivity index (χ1) is 8.95. The van der Waals surface area contributed by atoms with Crippen molar-refractivity contribution in [3.63, 3.8) is 0 Å². The Hall–Kier alpha value is -1.56. The minimum absolute atomic E-state index is 0.0504. The van der Waals surface area contributed by atoms with Crippen LogP contribution >= 0.6 is 11.8 Å². The summed E-state index contributed by atoms with van der Waals surface area (Å²) in [7, 11) is 0. The molecule has 5 nitrogen and oxygen atoms in total. The summed E-state index contributed by atoms with van der Waals surface area (Å²) in [6, 6.07) is 2.99. The van der Waals surface area contributed by atoms with Gasteiger partial charge in [-0.1, -0.05) is 13.8 Å². The average molecular weight is 282 g/mol. The number of thioether (sulfide) groups is 1. The summed E-state index contributed by atoms with van der Waals surface area (Å²) < 4.78 is 0. The van der Waals surface area contributed by atoms with E-state index in [0.717, 1.165) is 0 Å². The zero-order chi connectivity index (χ0) is 14.4. The third-order valence-corrected chi connectivity index (χ3v) is 3.44. The minimum Gasteiger partial charge on any atom is -0.481 e. The van der Waals surface area contributed by atoms with Crippen molar-refractivity contribution >= 4 is 23.6 Å². The first-order valence-corrected chi connectivity index (χ1v) is 7.19. The number of carboxylic acid groups (broad SMARTS) is 1. The number of pyridine rings is 1. The van der Waals surface area contributed by atoms with Crippen molar-refractivity contribution in [1.82, 2.24) is 10.3 Å². The summed E-state index contributed by atoms with van der Waals surface area (Å²) in [5, 5.41) is 12.3. The van der Waals surface area contributed by atoms with E-state index in [9.17, 15) is 9.59 Å². The highest BCUT2D eigenvalue weighted by Gasteiger charge is 2.21. The molecule has 1 aromatic rings. The monoisotopic (exact) mass is 282 g/mol. The predicted octanol–water partition coefficient (Wildman–Crippen LogP) is 2.03. The molecule has 1 heterocycles. The second-order valence-corrected chi connectivity index (χ2v) is 5.28. The number of rotatable bonds is 6. The lowest BCUT2D eigenvalue weighted by Crippen LogP contribution is -2.40. The SMILES string of the molecule is CSc1ncccc1C(=O)NC(CC(=O)O)C(C)C. The third kappa shape index (κ3) is 4.55. The molecule has 104 valence electrons. The number of amides is 1. The van der Waals surface area contributed by atoms with Gasteiger partial charge in [0.1, 0.15) is 5.03 Å². The van der Waals surface area contributed by atoms with Crippen LogP contribution in [0.1, 0.15) is 30.6 Å². The van der Waals surface area contributed by atoms with Crippen LogP contribution < -0.4 is 5.32 Å². The first kappa shape index (κ1) is 15.5. The van der Waals surface area contributed by atoms with Gasteiger partial charge >= 0.3 is 5.97 Å². The van der Waals surface area contributed by atoms with E-state index in [1.54, 1.807) is 18.3 Å². The molecule has 0 aromatic carbocycles. The number of carbonyl (C=O) groups excluding carboxylic acids is 1. The summed E-state index contributed by atoms with van der Waals surface area (Å²) in [6.07, 6.45) is 3.38. The highest BCUT2D eigenvalue weighted by Crippen LogP contribution is 2.17. The van der Waals surface area contributed by atoms with Crippen LogP contribution in [-0.4, -0.2) is 34.3 Å². The van der Waals surface area contributed by atoms with Crippen molar-refractivity contribution in [1.29, 1.82) is 0 Å². The Morgan fingerprint density at radius 3 is 2.68 bits per heavy atom. The molecular formula is C13H18N2O3S. The van der Waals surface area contributed by atoms with E-state index in [1.165, 1.54) is 11.8 Å². The fourth-order valence-electron chi connectivity index (χ4n) is 1.61. The lowest BCUT2D eigenvalue weighted by Gasteiger charge is -2.21. The van der Waals surface area contributed by atoms with Crippen LogP contribution in [0.25, 0.3) is 0 Å². The number of carbonyl (C=O) groups is 2. The van der Waals surface area contributed by atoms with Crippen LogP contribution in [0.5, 0.6) is 0 Å². The van der Waals surface area contributed by atoms with Gasteiger partial charge in [0.25, 0.3) is 5.91 Å². The second kappa shape index (κ2) is 7.13. The Morgan fingerprint density at radius 1 is 1.47 bits per heavy atom. The molecule has 1 aromatic heterocycles. The molecule has 0 saturated carbocycles. The van der Waals surface area contributed by atoms with Gasteiger partial charge in [0.15, 0.2) is 0 Å². The summed E-state index contributed by atoms with van der Waals surface area (Å²) in [5.74, 6) is -1.15. The molecule has 19 heavy (non-hydrogen) atoms. The van der Waals surface area contributed by atoms with Crippen molar-refractivity contribution in [3.8, 4) is 0 Å². The van der Waals surface area contributed by atoms with E-state index < -0.39 is 5.97 Å². The molecule has 6 heteroatoms. The lowest BCUT2D eigenvalue weighted by atomic mass is 10.0. The maximum Gasteiger partial charge on any atom is 0.305 e. The van der Waals surface area contributed by atoms with E-state index in [4.69, 9.17) is 5.11 Å². The number of nitrogens with one attached hydrogen (secondary N) is 1. The molecule has 1 atom stereocenters. The Balaban J connectivity index is 2.84. The van der Waals surface area contributed by atoms with Gasteiger partial charge in [-0.2, -0.15) is 0 Å². The third-order valence-electron chi connectivity index (χ3n) is 2.72. The zero-order valence-corrected chi connectivity index (χ0v) is 12.0. The minimum atomic E-state index is -0.921. The van der Waals surface area contributed by atoms with Crippen LogP contribution in [0.4, 0.5) is 0 Å². The Morgan fingerprint density at radius 2 is 2.16 bits per heavy atom. The molecule has 0 spiro atoms. The number of hydrogen-bond acceptors (Lipinski definition) is 4. The van der Waals surface area contributed by atoms with E-state index in [2.05, 4.69) is 10.3 Å². The second-order valence-electron chi connectivity index (χ2n) is 4.48. The molecule has 0 bridgehead atoms. The van der Waals surface area contributed by atoms with Crippen LogP contribution in [0.15, 0.2) is 23.4 Å². The van der Waals surface area contributed by atoms with Crippen LogP contribution in [0.2, 0.25) is 0 Å². The number of aromatic nitrogens is 1. The van der Waals surface area contributed by atoms with Crippen molar-refractivity contribution < 1.29 is 14.7 Å². The van der Waals surface area contributed by atoms with Gasteiger partial charge in [-0.05, 0) is 24.3 Å². The van der Waals surface area contributed by atoms with Crippen molar-refractivity contribution in [2.75, 3.05) is 6.26 Å². The maximum atomic E-state index is 12.2. The van der Waals surface area contributed by atoms with Gasteiger partial charge in [0, 0.05) is 12.2 Å². The van der Waals surface area contributed by atoms with Gasteiger partial charge in [0.2, 0.25) is 0 Å². The van der Waals surface area contributed by atoms with Gasteiger partial charge in [-0.15, -0.1) is 11.8 Å². The highest BCUT2D eigenvalue weighted by atomic mass is 32.2. The molecule has 1 rings (SSSR count). The maximum absolute atomic E-state index is 12.2. The molecule has 1 unspecified atom stereocenters. The largest absolute Gasteiger partial charge is 0.481 e. The molecular weight excluding hydrogens is 264 g/mol. The molecule has 0 saturated heterocycles. The van der Waals surface area contributed by atoms with Crippen molar-refractivity contribution in [3.05, 3.63) is 23.9 Å². The van der Waals surface area contributed by atoms with Crippen molar-refractivity contribution in [2.45, 2.75) is 31.3 Å². The first-order valence-electron chi connectivity index (χ1n) is 5.97. The molecule has 0 aliphatic rings. The number of aliphatic carboxylic acids is 1. The fraction of sp³-hybridized carbons (Fsp3) is 0.462. The smallest absolute Gasteiger partial charge is 0.305 e. The number of hydrogen-bond donors (Lipinski definition) is 2. The van der Waals surface area contributed by atoms with E-state index in [-0.39, 0.29) is 24.3 Å². The Bertz CT molecular complexity index is 463. The Labute approximate surface area is 116 Å². The standard InChI is InChI=1S/C13H18N2O3S/c1-8(2)10(7-11(16)17)15-12(18)9-5-4-6-14-13(9)19-3/h4-6,8,10H,7H2,1-3H3,(H,15,18)(H,16,17). The van der Waals surface area contributed by atoms with E-state index >= 15 is 0 Å². The molecule has 0 fully saturated rings. The van der Waals surface area contributed by atoms with E-state index in [0.29, 0.717) is 10.6 Å². The van der Waals surface area contributed by atoms with Crippen molar-refractivity contribution in [2.24, 2.45) is 5.92 Å². The van der Waals surface area contributed by atoms with Gasteiger partial charge < -0.3 is 10.4 Å². The number of carboxylic acids is 1. The van der Waals surface area contributed by atoms with Gasteiger partial charge in [-0.3, -0.25) is 9.59 Å². The summed E-state index contributed by atoms with van der Waals surface area (Å²) in [6.45, 7) is 3.76. The normalized spacial score (nSPS) is 12.2. The quantitative estimate of drug-likeness (QED) is 0.780. The summed E-state index contributed by atoms with van der Waals surface area (Å²) in [4.78, 5) is 27.1. The molecule has 0 aliphatic heterocycles. The van der Waals surface area contributed by atoms with Crippen LogP contribution in [0.3, 0.4) is 0 Å². The summed E-state index contributed by atoms with van der Waals surface area (Å²) >= 11 is 1.38. The lowest BCUT2D eigenvalue weighted by molar-refractivity contribution is -0.137. The molecule has 0 radical (unpaired) electrons. The molecule has 0 aliphatic carbocycles. The molecule has 2 N–H and O–H groups in total. The highest BCUT2D eigenvalue weighted by molar-refractivity contribution is 7.98. The number of nitrogens with zero attached hydrogens (tertiary/aromatic N) is 1. The average Bonchev–Trinajstić information content (AvgIpc) is 2.37. The topological polar surface area (TPSA) is 79.3 Å². The Kier molecular flexibility index (Phi) is 5.82. The molecule has 1 amide bonds. The predicted molar refractivity (Wildman–Crippen MR) is 74.4 cm³/mol.